The molecule has 6 heteroatoms. The predicted molar refractivity (Wildman–Crippen MR) is 70.7 cm³/mol. The van der Waals surface area contributed by atoms with Gasteiger partial charge in [-0.2, -0.15) is 5.26 Å². The highest BCUT2D eigenvalue weighted by molar-refractivity contribution is 7.89. The quantitative estimate of drug-likeness (QED) is 0.861. The molecular weight excluding hydrogens is 262 g/mol. The van der Waals surface area contributed by atoms with Crippen LogP contribution in [-0.2, 0) is 10.0 Å². The van der Waals surface area contributed by atoms with Gasteiger partial charge < -0.3 is 0 Å². The van der Waals surface area contributed by atoms with Gasteiger partial charge in [-0.25, -0.2) is 18.1 Å². The molecule has 0 aromatic carbocycles. The van der Waals surface area contributed by atoms with Crippen molar-refractivity contribution >= 4 is 10.0 Å². The molecule has 0 unspecified atom stereocenters. The zero-order valence-electron chi connectivity index (χ0n) is 10.9. The lowest BCUT2D eigenvalue weighted by atomic mass is 10.0. The highest BCUT2D eigenvalue weighted by atomic mass is 32.2. The molecular formula is C13H17N3O2S. The Kier molecular flexibility index (Phi) is 3.88. The first kappa shape index (κ1) is 14.0. The van der Waals surface area contributed by atoms with Crippen LogP contribution in [0, 0.1) is 16.7 Å². The summed E-state index contributed by atoms with van der Waals surface area (Å²) in [6.07, 6.45) is 5.53. The Hall–Kier alpha value is -1.45. The van der Waals surface area contributed by atoms with Crippen LogP contribution in [0.2, 0.25) is 0 Å². The van der Waals surface area contributed by atoms with Crippen LogP contribution in [0.25, 0.3) is 0 Å². The molecule has 5 nitrogen and oxygen atoms in total. The summed E-state index contributed by atoms with van der Waals surface area (Å²) in [6, 6.07) is 4.68. The number of hydrogen-bond acceptors (Lipinski definition) is 4. The SMILES string of the molecule is CCCC1(CNS(=O)(=O)c2ccc(C#N)nc2)CC1. The van der Waals surface area contributed by atoms with Crippen LogP contribution in [0.15, 0.2) is 23.2 Å². The molecule has 0 spiro atoms. The van der Waals surface area contributed by atoms with E-state index in [1.807, 2.05) is 6.07 Å². The minimum atomic E-state index is -3.52. The second-order valence-electron chi connectivity index (χ2n) is 5.07. The van der Waals surface area contributed by atoms with E-state index < -0.39 is 10.0 Å². The third-order valence-electron chi connectivity index (χ3n) is 3.54. The van der Waals surface area contributed by atoms with Crippen molar-refractivity contribution in [2.45, 2.75) is 37.5 Å². The first-order valence-electron chi connectivity index (χ1n) is 6.37. The Labute approximate surface area is 113 Å². The molecule has 1 heterocycles. The molecule has 1 saturated carbocycles. The number of nitrogens with zero attached hydrogens (tertiary/aromatic N) is 2. The summed E-state index contributed by atoms with van der Waals surface area (Å²) in [4.78, 5) is 3.89. The largest absolute Gasteiger partial charge is 0.244 e. The molecule has 1 N–H and O–H groups in total. The summed E-state index contributed by atoms with van der Waals surface area (Å²) in [5.41, 5.74) is 0.380. The average molecular weight is 279 g/mol. The average Bonchev–Trinajstić information content (AvgIpc) is 3.18. The smallest absolute Gasteiger partial charge is 0.242 e. The minimum Gasteiger partial charge on any atom is -0.244 e. The van der Waals surface area contributed by atoms with Gasteiger partial charge in [0.2, 0.25) is 10.0 Å². The lowest BCUT2D eigenvalue weighted by molar-refractivity contribution is 0.449. The summed E-state index contributed by atoms with van der Waals surface area (Å²) >= 11 is 0. The molecule has 0 radical (unpaired) electrons. The molecule has 1 aromatic heterocycles. The van der Waals surface area contributed by atoms with Crippen LogP contribution >= 0.6 is 0 Å². The van der Waals surface area contributed by atoms with Crippen LogP contribution in [-0.4, -0.2) is 19.9 Å². The van der Waals surface area contributed by atoms with E-state index in [0.717, 1.165) is 25.7 Å². The van der Waals surface area contributed by atoms with E-state index in [2.05, 4.69) is 16.6 Å². The van der Waals surface area contributed by atoms with E-state index in [-0.39, 0.29) is 16.0 Å². The maximum atomic E-state index is 12.1. The van der Waals surface area contributed by atoms with Gasteiger partial charge in [-0.05, 0) is 36.8 Å². The highest BCUT2D eigenvalue weighted by Crippen LogP contribution is 2.49. The Morgan fingerprint density at radius 1 is 1.47 bits per heavy atom. The van der Waals surface area contributed by atoms with Gasteiger partial charge in [0.05, 0.1) is 0 Å². The van der Waals surface area contributed by atoms with Crippen LogP contribution in [0.5, 0.6) is 0 Å². The molecule has 0 atom stereocenters. The Morgan fingerprint density at radius 2 is 2.21 bits per heavy atom. The second kappa shape index (κ2) is 5.27. The van der Waals surface area contributed by atoms with Crippen LogP contribution < -0.4 is 4.72 Å². The monoisotopic (exact) mass is 279 g/mol. The van der Waals surface area contributed by atoms with Gasteiger partial charge in [-0.1, -0.05) is 13.3 Å². The Balaban J connectivity index is 2.04. The van der Waals surface area contributed by atoms with Crippen molar-refractivity contribution in [3.63, 3.8) is 0 Å². The van der Waals surface area contributed by atoms with Crippen molar-refractivity contribution in [3.05, 3.63) is 24.0 Å². The molecule has 0 saturated heterocycles. The van der Waals surface area contributed by atoms with Crippen molar-refractivity contribution in [2.75, 3.05) is 6.54 Å². The number of hydrogen-bond donors (Lipinski definition) is 1. The van der Waals surface area contributed by atoms with Crippen molar-refractivity contribution in [2.24, 2.45) is 5.41 Å². The third-order valence-corrected chi connectivity index (χ3v) is 4.92. The van der Waals surface area contributed by atoms with E-state index in [1.54, 1.807) is 0 Å². The number of aromatic nitrogens is 1. The number of rotatable bonds is 6. The maximum Gasteiger partial charge on any atom is 0.242 e. The molecule has 1 aliphatic carbocycles. The number of nitrogens with one attached hydrogen (secondary N) is 1. The predicted octanol–water partition coefficient (Wildman–Crippen LogP) is 1.81. The van der Waals surface area contributed by atoms with Gasteiger partial charge in [-0.3, -0.25) is 0 Å². The molecule has 2 rings (SSSR count). The van der Waals surface area contributed by atoms with Gasteiger partial charge >= 0.3 is 0 Å². The Bertz CT molecular complexity index is 583. The summed E-state index contributed by atoms with van der Waals surface area (Å²) < 4.78 is 26.8. The molecule has 0 aliphatic heterocycles. The van der Waals surface area contributed by atoms with Gasteiger partial charge in [0, 0.05) is 12.7 Å². The van der Waals surface area contributed by atoms with Crippen LogP contribution in [0.4, 0.5) is 0 Å². The van der Waals surface area contributed by atoms with Gasteiger partial charge in [-0.15, -0.1) is 0 Å². The van der Waals surface area contributed by atoms with E-state index in [0.29, 0.717) is 6.54 Å². The van der Waals surface area contributed by atoms with E-state index >= 15 is 0 Å². The number of pyridine rings is 1. The zero-order valence-corrected chi connectivity index (χ0v) is 11.7. The zero-order chi connectivity index (χ0) is 13.9. The fraction of sp³-hybridized carbons (Fsp3) is 0.538. The van der Waals surface area contributed by atoms with Crippen molar-refractivity contribution in [1.29, 1.82) is 5.26 Å². The van der Waals surface area contributed by atoms with E-state index in [1.165, 1.54) is 18.3 Å². The van der Waals surface area contributed by atoms with Crippen molar-refractivity contribution < 1.29 is 8.42 Å². The minimum absolute atomic E-state index is 0.110. The van der Waals surface area contributed by atoms with Crippen LogP contribution in [0.3, 0.4) is 0 Å². The molecule has 0 amide bonds. The second-order valence-corrected chi connectivity index (χ2v) is 6.83. The fourth-order valence-electron chi connectivity index (χ4n) is 2.16. The highest BCUT2D eigenvalue weighted by Gasteiger charge is 2.42. The molecule has 1 aliphatic rings. The molecule has 102 valence electrons. The number of nitriles is 1. The summed E-state index contributed by atoms with van der Waals surface area (Å²) in [5, 5.41) is 8.63. The third kappa shape index (κ3) is 3.31. The normalized spacial score (nSPS) is 16.8. The first-order valence-corrected chi connectivity index (χ1v) is 7.85. The fourth-order valence-corrected chi connectivity index (χ4v) is 3.26. The lowest BCUT2D eigenvalue weighted by Crippen LogP contribution is -2.30. The van der Waals surface area contributed by atoms with E-state index in [4.69, 9.17) is 5.26 Å². The first-order chi connectivity index (χ1) is 9.01. The van der Waals surface area contributed by atoms with E-state index in [9.17, 15) is 8.42 Å². The number of sulfonamides is 1. The van der Waals surface area contributed by atoms with Gasteiger partial charge in [0.1, 0.15) is 16.7 Å². The topological polar surface area (TPSA) is 82.9 Å². The standard InChI is InChI=1S/C13H17N3O2S/c1-2-5-13(6-7-13)10-16-19(17,18)12-4-3-11(8-14)15-9-12/h3-4,9,16H,2,5-7,10H2,1H3. The van der Waals surface area contributed by atoms with Crippen molar-refractivity contribution in [3.8, 4) is 6.07 Å². The summed E-state index contributed by atoms with van der Waals surface area (Å²) in [7, 11) is -3.52. The van der Waals surface area contributed by atoms with Crippen LogP contribution in [0.1, 0.15) is 38.3 Å². The molecule has 1 fully saturated rings. The maximum absolute atomic E-state index is 12.1. The Morgan fingerprint density at radius 3 is 2.68 bits per heavy atom. The lowest BCUT2D eigenvalue weighted by Gasteiger charge is -2.14. The van der Waals surface area contributed by atoms with Gasteiger partial charge in [0.25, 0.3) is 0 Å². The summed E-state index contributed by atoms with van der Waals surface area (Å²) in [5.74, 6) is 0. The summed E-state index contributed by atoms with van der Waals surface area (Å²) in [6.45, 7) is 2.60. The molecule has 0 bridgehead atoms. The molecule has 19 heavy (non-hydrogen) atoms. The van der Waals surface area contributed by atoms with Gasteiger partial charge in [0.15, 0.2) is 0 Å². The molecule has 1 aromatic rings. The van der Waals surface area contributed by atoms with Crippen molar-refractivity contribution in [1.82, 2.24) is 9.71 Å².